The Balaban J connectivity index is 1.40. The minimum Gasteiger partial charge on any atom is -0.447 e. The molecule has 5 rings (SSSR count). The fourth-order valence-corrected chi connectivity index (χ4v) is 4.00. The van der Waals surface area contributed by atoms with E-state index in [0.29, 0.717) is 6.61 Å². The van der Waals surface area contributed by atoms with Crippen LogP contribution in [0.3, 0.4) is 0 Å². The summed E-state index contributed by atoms with van der Waals surface area (Å²) in [6, 6.07) is 14.2. The summed E-state index contributed by atoms with van der Waals surface area (Å²) in [7, 11) is 2.16. The van der Waals surface area contributed by atoms with E-state index >= 15 is 0 Å². The lowest BCUT2D eigenvalue weighted by Gasteiger charge is -2.34. The van der Waals surface area contributed by atoms with Crippen molar-refractivity contribution in [3.05, 3.63) is 54.4 Å². The lowest BCUT2D eigenvalue weighted by atomic mass is 10.0. The van der Waals surface area contributed by atoms with E-state index in [1.165, 1.54) is 5.69 Å². The predicted octanol–water partition coefficient (Wildman–Crippen LogP) is 3.01. The number of carbonyl (C=O) groups is 1. The van der Waals surface area contributed by atoms with Crippen LogP contribution in [0.4, 0.5) is 16.2 Å². The van der Waals surface area contributed by atoms with E-state index in [1.54, 1.807) is 11.2 Å². The van der Waals surface area contributed by atoms with Gasteiger partial charge in [0.2, 0.25) is 0 Å². The van der Waals surface area contributed by atoms with E-state index in [9.17, 15) is 4.79 Å². The summed E-state index contributed by atoms with van der Waals surface area (Å²) in [5, 5.41) is 0. The van der Waals surface area contributed by atoms with Crippen LogP contribution in [0.25, 0.3) is 11.0 Å². The Morgan fingerprint density at radius 3 is 2.57 bits per heavy atom. The monoisotopic (exact) mass is 377 g/mol. The van der Waals surface area contributed by atoms with Gasteiger partial charge in [-0.2, -0.15) is 0 Å². The Morgan fingerprint density at radius 1 is 1.04 bits per heavy atom. The molecule has 2 aromatic carbocycles. The van der Waals surface area contributed by atoms with E-state index in [-0.39, 0.29) is 12.1 Å². The molecular formula is C21H23N5O2. The van der Waals surface area contributed by atoms with Crippen LogP contribution in [0.15, 0.2) is 48.8 Å². The molecule has 7 heteroatoms. The van der Waals surface area contributed by atoms with Gasteiger partial charge in [0.05, 0.1) is 29.1 Å². The van der Waals surface area contributed by atoms with Gasteiger partial charge in [0, 0.05) is 31.9 Å². The number of carbonyl (C=O) groups excluding carboxylic acids is 1. The zero-order valence-corrected chi connectivity index (χ0v) is 15.8. The van der Waals surface area contributed by atoms with Crippen molar-refractivity contribution in [2.75, 3.05) is 49.6 Å². The number of imidazole rings is 1. The van der Waals surface area contributed by atoms with Gasteiger partial charge in [-0.05, 0) is 42.9 Å². The molecule has 1 amide bonds. The third-order valence-electron chi connectivity index (χ3n) is 5.70. The number of nitrogens with one attached hydrogen (secondary N) is 1. The van der Waals surface area contributed by atoms with Crippen molar-refractivity contribution in [2.24, 2.45) is 0 Å². The molecule has 28 heavy (non-hydrogen) atoms. The Hall–Kier alpha value is -3.06. The number of amides is 1. The molecule has 1 N–H and O–H groups in total. The highest BCUT2D eigenvalue weighted by molar-refractivity contribution is 5.93. The van der Waals surface area contributed by atoms with Crippen molar-refractivity contribution in [1.82, 2.24) is 14.9 Å². The number of aromatic amines is 1. The summed E-state index contributed by atoms with van der Waals surface area (Å²) in [5.74, 6) is 0. The first kappa shape index (κ1) is 17.1. The van der Waals surface area contributed by atoms with Crippen molar-refractivity contribution < 1.29 is 9.53 Å². The van der Waals surface area contributed by atoms with E-state index < -0.39 is 0 Å². The van der Waals surface area contributed by atoms with Gasteiger partial charge in [0.1, 0.15) is 6.61 Å². The number of anilines is 2. The molecule has 2 saturated heterocycles. The molecule has 2 fully saturated rings. The predicted molar refractivity (Wildman–Crippen MR) is 109 cm³/mol. The summed E-state index contributed by atoms with van der Waals surface area (Å²) >= 11 is 0. The Bertz CT molecular complexity index is 991. The first-order valence-corrected chi connectivity index (χ1v) is 9.61. The zero-order valence-electron chi connectivity index (χ0n) is 15.8. The van der Waals surface area contributed by atoms with Crippen LogP contribution in [0.1, 0.15) is 11.6 Å². The molecule has 0 bridgehead atoms. The maximum absolute atomic E-state index is 12.4. The lowest BCUT2D eigenvalue weighted by molar-refractivity contribution is 0.179. The number of nitrogens with zero attached hydrogens (tertiary/aromatic N) is 4. The summed E-state index contributed by atoms with van der Waals surface area (Å²) in [4.78, 5) is 26.3. The van der Waals surface area contributed by atoms with Crippen LogP contribution >= 0.6 is 0 Å². The largest absolute Gasteiger partial charge is 0.447 e. The van der Waals surface area contributed by atoms with Gasteiger partial charge in [-0.15, -0.1) is 0 Å². The van der Waals surface area contributed by atoms with Crippen molar-refractivity contribution in [2.45, 2.75) is 6.04 Å². The third-order valence-corrected chi connectivity index (χ3v) is 5.70. The van der Waals surface area contributed by atoms with Crippen LogP contribution in [-0.4, -0.2) is 60.8 Å². The number of cyclic esters (lactones) is 1. The van der Waals surface area contributed by atoms with Gasteiger partial charge in [-0.3, -0.25) is 4.90 Å². The molecule has 1 atom stereocenters. The van der Waals surface area contributed by atoms with E-state index in [1.807, 2.05) is 18.2 Å². The number of ether oxygens (including phenoxy) is 1. The van der Waals surface area contributed by atoms with Crippen LogP contribution in [0.2, 0.25) is 0 Å². The van der Waals surface area contributed by atoms with Gasteiger partial charge in [-0.25, -0.2) is 9.78 Å². The van der Waals surface area contributed by atoms with Crippen molar-refractivity contribution in [3.8, 4) is 0 Å². The number of hydrogen-bond acceptors (Lipinski definition) is 5. The molecule has 1 aromatic heterocycles. The Morgan fingerprint density at radius 2 is 1.79 bits per heavy atom. The van der Waals surface area contributed by atoms with Crippen molar-refractivity contribution in [3.63, 3.8) is 0 Å². The number of H-pyrrole nitrogens is 1. The molecule has 3 heterocycles. The first-order chi connectivity index (χ1) is 13.7. The smallest absolute Gasteiger partial charge is 0.415 e. The van der Waals surface area contributed by atoms with Crippen molar-refractivity contribution >= 4 is 28.5 Å². The summed E-state index contributed by atoms with van der Waals surface area (Å²) in [5.41, 5.74) is 4.90. The number of likely N-dealkylation sites (N-methyl/N-ethyl adjacent to an activating group) is 1. The summed E-state index contributed by atoms with van der Waals surface area (Å²) < 4.78 is 5.38. The third kappa shape index (κ3) is 2.97. The molecule has 7 nitrogen and oxygen atoms in total. The molecule has 0 saturated carbocycles. The van der Waals surface area contributed by atoms with Gasteiger partial charge in [0.25, 0.3) is 0 Å². The maximum atomic E-state index is 12.4. The highest BCUT2D eigenvalue weighted by Gasteiger charge is 2.35. The number of hydrogen-bond donors (Lipinski definition) is 1. The van der Waals surface area contributed by atoms with E-state index in [0.717, 1.165) is 48.5 Å². The number of rotatable bonds is 3. The average Bonchev–Trinajstić information content (AvgIpc) is 3.34. The van der Waals surface area contributed by atoms with Crippen LogP contribution in [0.5, 0.6) is 0 Å². The fourth-order valence-electron chi connectivity index (χ4n) is 4.00. The maximum Gasteiger partial charge on any atom is 0.415 e. The van der Waals surface area contributed by atoms with Gasteiger partial charge < -0.3 is 19.5 Å². The Kier molecular flexibility index (Phi) is 4.16. The van der Waals surface area contributed by atoms with Crippen LogP contribution in [-0.2, 0) is 4.74 Å². The molecule has 0 aliphatic carbocycles. The first-order valence-electron chi connectivity index (χ1n) is 9.61. The highest BCUT2D eigenvalue weighted by atomic mass is 16.6. The van der Waals surface area contributed by atoms with Crippen molar-refractivity contribution in [1.29, 1.82) is 0 Å². The quantitative estimate of drug-likeness (QED) is 0.760. The second kappa shape index (κ2) is 6.83. The SMILES string of the molecule is CN1CCN(c2ccc(C3COC(=O)N3c3ccc4nc[nH]c4c3)cc2)CC1. The highest BCUT2D eigenvalue weighted by Crippen LogP contribution is 2.34. The number of benzene rings is 2. The molecule has 3 aromatic rings. The van der Waals surface area contributed by atoms with Crippen LogP contribution < -0.4 is 9.80 Å². The molecular weight excluding hydrogens is 354 g/mol. The van der Waals surface area contributed by atoms with Crippen LogP contribution in [0, 0.1) is 0 Å². The molecule has 144 valence electrons. The minimum absolute atomic E-state index is 0.130. The number of aromatic nitrogens is 2. The molecule has 0 spiro atoms. The minimum atomic E-state index is -0.313. The normalized spacial score (nSPS) is 20.8. The molecule has 1 unspecified atom stereocenters. The summed E-state index contributed by atoms with van der Waals surface area (Å²) in [6.07, 6.45) is 1.35. The molecule has 2 aliphatic rings. The standard InChI is InChI=1S/C21H23N5O2/c1-24-8-10-25(11-9-24)16-4-2-15(3-5-16)20-13-28-21(27)26(20)17-6-7-18-19(12-17)23-14-22-18/h2-7,12,14,20H,8-11,13H2,1H3,(H,22,23). The topological polar surface area (TPSA) is 64.7 Å². The van der Waals surface area contributed by atoms with Gasteiger partial charge in [0.15, 0.2) is 0 Å². The zero-order chi connectivity index (χ0) is 19.1. The Labute approximate surface area is 163 Å². The number of fused-ring (bicyclic) bond motifs is 1. The van der Waals surface area contributed by atoms with E-state index in [2.05, 4.69) is 51.1 Å². The average molecular weight is 377 g/mol. The van der Waals surface area contributed by atoms with Gasteiger partial charge in [-0.1, -0.05) is 12.1 Å². The molecule has 0 radical (unpaired) electrons. The van der Waals surface area contributed by atoms with E-state index in [4.69, 9.17) is 4.74 Å². The summed E-state index contributed by atoms with van der Waals surface area (Å²) in [6.45, 7) is 4.59. The fraction of sp³-hybridized carbons (Fsp3) is 0.333. The second-order valence-corrected chi connectivity index (χ2v) is 7.45. The van der Waals surface area contributed by atoms with Gasteiger partial charge >= 0.3 is 6.09 Å². The lowest BCUT2D eigenvalue weighted by Crippen LogP contribution is -2.44. The second-order valence-electron chi connectivity index (χ2n) is 7.45. The number of piperazine rings is 1. The molecule has 2 aliphatic heterocycles.